The van der Waals surface area contributed by atoms with Crippen LogP contribution in [0.3, 0.4) is 0 Å². The van der Waals surface area contributed by atoms with Gasteiger partial charge >= 0.3 is 5.97 Å². The Morgan fingerprint density at radius 1 is 0.903 bits per heavy atom. The average Bonchev–Trinajstić information content (AvgIpc) is 2.98. The zero-order valence-electron chi connectivity index (χ0n) is 17.5. The van der Waals surface area contributed by atoms with E-state index in [1.165, 1.54) is 14.2 Å². The number of methoxy groups -OCH3 is 2. The Morgan fingerprint density at radius 3 is 2.26 bits per heavy atom. The van der Waals surface area contributed by atoms with E-state index in [1.807, 2.05) is 67.6 Å². The first-order chi connectivity index (χ1) is 15.1. The summed E-state index contributed by atoms with van der Waals surface area (Å²) in [7, 11) is 2.85. The van der Waals surface area contributed by atoms with Crippen LogP contribution in [0.5, 0.6) is 5.88 Å². The van der Waals surface area contributed by atoms with Crippen LogP contribution in [-0.2, 0) is 4.74 Å². The topological polar surface area (TPSA) is 72.2 Å². The molecule has 2 aliphatic carbocycles. The molecule has 31 heavy (non-hydrogen) atoms. The van der Waals surface area contributed by atoms with Crippen LogP contribution in [0.4, 0.5) is 0 Å². The average molecular weight is 408 g/mol. The van der Waals surface area contributed by atoms with E-state index in [1.54, 1.807) is 6.07 Å². The lowest BCUT2D eigenvalue weighted by Crippen LogP contribution is -2.00. The minimum atomic E-state index is -0.430. The fourth-order valence-corrected chi connectivity index (χ4v) is 3.68. The molecule has 0 fully saturated rings. The maximum Gasteiger partial charge on any atom is 0.338 e. The van der Waals surface area contributed by atoms with Crippen LogP contribution in [-0.4, -0.2) is 25.2 Å². The molecule has 0 bridgehead atoms. The number of rotatable bonds is 4. The molecule has 0 saturated carbocycles. The molecule has 5 heteroatoms. The smallest absolute Gasteiger partial charge is 0.338 e. The number of hydrogen-bond acceptors (Lipinski definition) is 5. The molecule has 1 aromatic carbocycles. The second-order valence-electron chi connectivity index (χ2n) is 7.12. The number of nitrogens with zero attached hydrogens (tertiary/aromatic N) is 2. The van der Waals surface area contributed by atoms with E-state index >= 15 is 0 Å². The molecule has 0 unspecified atom stereocenters. The maximum absolute atomic E-state index is 12.4. The van der Waals surface area contributed by atoms with Crippen LogP contribution in [0.25, 0.3) is 33.5 Å². The second-order valence-corrected chi connectivity index (χ2v) is 7.12. The van der Waals surface area contributed by atoms with Gasteiger partial charge < -0.3 is 9.47 Å². The molecule has 4 rings (SSSR count). The van der Waals surface area contributed by atoms with Crippen molar-refractivity contribution in [3.05, 3.63) is 83.4 Å². The normalized spacial score (nSPS) is 10.5. The van der Waals surface area contributed by atoms with Crippen molar-refractivity contribution in [3.63, 3.8) is 0 Å². The predicted molar refractivity (Wildman–Crippen MR) is 119 cm³/mol. The number of aromatic nitrogens is 1. The van der Waals surface area contributed by atoms with Crippen LogP contribution in [0.15, 0.2) is 66.7 Å². The van der Waals surface area contributed by atoms with Crippen LogP contribution >= 0.6 is 0 Å². The fourth-order valence-electron chi connectivity index (χ4n) is 3.68. The summed E-state index contributed by atoms with van der Waals surface area (Å²) in [6.07, 6.45) is 0. The molecule has 0 radical (unpaired) electrons. The zero-order chi connectivity index (χ0) is 22.0. The first kappa shape index (κ1) is 20.1. The summed E-state index contributed by atoms with van der Waals surface area (Å²) in [6, 6.07) is 23.3. The van der Waals surface area contributed by atoms with Crippen molar-refractivity contribution in [2.45, 2.75) is 6.92 Å². The first-order valence-corrected chi connectivity index (χ1v) is 9.74. The van der Waals surface area contributed by atoms with Gasteiger partial charge in [-0.2, -0.15) is 5.26 Å². The number of pyridine rings is 1. The summed E-state index contributed by atoms with van der Waals surface area (Å²) >= 11 is 0. The van der Waals surface area contributed by atoms with E-state index < -0.39 is 5.97 Å². The molecule has 0 aliphatic heterocycles. The highest BCUT2D eigenvalue weighted by molar-refractivity contribution is 6.05. The minimum Gasteiger partial charge on any atom is -0.480 e. The van der Waals surface area contributed by atoms with E-state index in [4.69, 9.17) is 9.47 Å². The summed E-state index contributed by atoms with van der Waals surface area (Å²) in [6.45, 7) is 2.02. The van der Waals surface area contributed by atoms with Gasteiger partial charge in [-0.25, -0.2) is 9.78 Å². The van der Waals surface area contributed by atoms with Crippen molar-refractivity contribution >= 4 is 5.97 Å². The van der Waals surface area contributed by atoms with E-state index in [0.29, 0.717) is 22.4 Å². The van der Waals surface area contributed by atoms with E-state index in [2.05, 4.69) is 11.1 Å². The summed E-state index contributed by atoms with van der Waals surface area (Å²) in [5.41, 5.74) is 6.47. The minimum absolute atomic E-state index is 0.241. The van der Waals surface area contributed by atoms with Crippen molar-refractivity contribution in [3.8, 4) is 45.5 Å². The molecule has 2 aromatic rings. The number of carbonyl (C=O) groups excluding carboxylic acids is 1. The number of ether oxygens (including phenoxy) is 2. The Labute approximate surface area is 180 Å². The molecular weight excluding hydrogens is 388 g/mol. The lowest BCUT2D eigenvalue weighted by molar-refractivity contribution is 0.0602. The van der Waals surface area contributed by atoms with Gasteiger partial charge in [0.05, 0.1) is 25.5 Å². The molecule has 0 atom stereocenters. The fraction of sp³-hybridized carbons (Fsp3) is 0.115. The Hall–Kier alpha value is -4.17. The summed E-state index contributed by atoms with van der Waals surface area (Å²) < 4.78 is 10.5. The molecule has 0 amide bonds. The number of aryl methyl sites for hydroxylation is 1. The number of esters is 1. The van der Waals surface area contributed by atoms with Crippen molar-refractivity contribution < 1.29 is 14.3 Å². The first-order valence-electron chi connectivity index (χ1n) is 9.74. The van der Waals surface area contributed by atoms with Gasteiger partial charge in [0.25, 0.3) is 0 Å². The Morgan fingerprint density at radius 2 is 1.61 bits per heavy atom. The Kier molecular flexibility index (Phi) is 5.38. The number of benzene rings is 1. The van der Waals surface area contributed by atoms with Crippen molar-refractivity contribution in [2.75, 3.05) is 14.2 Å². The quantitative estimate of drug-likeness (QED) is 0.417. The Bertz CT molecular complexity index is 1290. The van der Waals surface area contributed by atoms with Gasteiger partial charge in [-0.05, 0) is 35.7 Å². The van der Waals surface area contributed by atoms with E-state index in [0.717, 1.165) is 27.8 Å². The predicted octanol–water partition coefficient (Wildman–Crippen LogP) is 5.50. The molecule has 1 heterocycles. The van der Waals surface area contributed by atoms with Crippen LogP contribution in [0.1, 0.15) is 21.5 Å². The monoisotopic (exact) mass is 408 g/mol. The molecule has 0 spiro atoms. The zero-order valence-corrected chi connectivity index (χ0v) is 17.5. The maximum atomic E-state index is 12.4. The highest BCUT2D eigenvalue weighted by Crippen LogP contribution is 2.42. The number of nitriles is 1. The van der Waals surface area contributed by atoms with Crippen LogP contribution < -0.4 is 4.74 Å². The SMILES string of the molecule is COC(=O)c1cc(-c2cc(-c3ccc(C)cc3)nc(OC)c2C#N)c2cccccc1-2. The number of hydrogen-bond donors (Lipinski definition) is 0. The lowest BCUT2D eigenvalue weighted by Gasteiger charge is -2.12. The third-order valence-electron chi connectivity index (χ3n) is 5.24. The third-order valence-corrected chi connectivity index (χ3v) is 5.24. The van der Waals surface area contributed by atoms with Gasteiger partial charge in [0, 0.05) is 11.1 Å². The largest absolute Gasteiger partial charge is 0.480 e. The number of fused-ring (bicyclic) bond motifs is 1. The molecule has 0 saturated heterocycles. The van der Waals surface area contributed by atoms with Gasteiger partial charge in [0.2, 0.25) is 5.88 Å². The second kappa shape index (κ2) is 8.29. The molecule has 2 aliphatic rings. The molecule has 152 valence electrons. The summed E-state index contributed by atoms with van der Waals surface area (Å²) in [5.74, 6) is -0.189. The van der Waals surface area contributed by atoms with Gasteiger partial charge in [0.1, 0.15) is 11.6 Å². The number of carbonyl (C=O) groups is 1. The van der Waals surface area contributed by atoms with E-state index in [9.17, 15) is 10.1 Å². The van der Waals surface area contributed by atoms with Gasteiger partial charge in [0.15, 0.2) is 0 Å². The highest BCUT2D eigenvalue weighted by Gasteiger charge is 2.25. The van der Waals surface area contributed by atoms with Crippen LogP contribution in [0, 0.1) is 18.3 Å². The standard InChI is InChI=1S/C26H20N2O3/c1-16-9-11-17(12-10-16)24-14-21(23(15-27)25(28-24)30-2)20-13-22(26(29)31-3)19-8-6-4-5-7-18(19)20/h4-14H,1-3H3. The molecule has 0 N–H and O–H groups in total. The van der Waals surface area contributed by atoms with Crippen LogP contribution in [0.2, 0.25) is 0 Å². The molecule has 5 nitrogen and oxygen atoms in total. The van der Waals surface area contributed by atoms with Gasteiger partial charge in [-0.15, -0.1) is 0 Å². The van der Waals surface area contributed by atoms with Gasteiger partial charge in [-0.3, -0.25) is 0 Å². The Balaban J connectivity index is 2.03. The lowest BCUT2D eigenvalue weighted by atomic mass is 9.96. The van der Waals surface area contributed by atoms with Gasteiger partial charge in [-0.1, -0.05) is 60.2 Å². The third kappa shape index (κ3) is 3.60. The summed E-state index contributed by atoms with van der Waals surface area (Å²) in [4.78, 5) is 17.0. The van der Waals surface area contributed by atoms with E-state index in [-0.39, 0.29) is 5.88 Å². The van der Waals surface area contributed by atoms with Crippen molar-refractivity contribution in [1.82, 2.24) is 4.98 Å². The molecular formula is C26H20N2O3. The van der Waals surface area contributed by atoms with Crippen molar-refractivity contribution in [1.29, 1.82) is 5.26 Å². The summed E-state index contributed by atoms with van der Waals surface area (Å²) in [5, 5.41) is 9.91. The highest BCUT2D eigenvalue weighted by atomic mass is 16.5. The van der Waals surface area contributed by atoms with Crippen molar-refractivity contribution in [2.24, 2.45) is 0 Å². The molecule has 1 aromatic heterocycles.